The van der Waals surface area contributed by atoms with E-state index in [9.17, 15) is 0 Å². The van der Waals surface area contributed by atoms with Gasteiger partial charge in [0.2, 0.25) is 0 Å². The van der Waals surface area contributed by atoms with Crippen molar-refractivity contribution >= 4 is 0 Å². The summed E-state index contributed by atoms with van der Waals surface area (Å²) in [6.07, 6.45) is 5.07. The Morgan fingerprint density at radius 3 is 2.87 bits per heavy atom. The van der Waals surface area contributed by atoms with Crippen LogP contribution >= 0.6 is 0 Å². The van der Waals surface area contributed by atoms with E-state index >= 15 is 0 Å². The van der Waals surface area contributed by atoms with Crippen LogP contribution < -0.4 is 11.1 Å². The van der Waals surface area contributed by atoms with E-state index in [2.05, 4.69) is 24.2 Å². The van der Waals surface area contributed by atoms with Crippen molar-refractivity contribution in [3.05, 3.63) is 0 Å². The van der Waals surface area contributed by atoms with Gasteiger partial charge in [-0.2, -0.15) is 0 Å². The third kappa shape index (κ3) is 6.13. The first-order chi connectivity index (χ1) is 7.18. The molecule has 1 fully saturated rings. The van der Waals surface area contributed by atoms with E-state index in [0.29, 0.717) is 6.04 Å². The van der Waals surface area contributed by atoms with Crippen molar-refractivity contribution < 1.29 is 0 Å². The lowest BCUT2D eigenvalue weighted by molar-refractivity contribution is 0.384. The van der Waals surface area contributed by atoms with Crippen molar-refractivity contribution in [2.24, 2.45) is 11.7 Å². The first-order valence-electron chi connectivity index (χ1n) is 6.33. The van der Waals surface area contributed by atoms with Crippen LogP contribution in [-0.2, 0) is 0 Å². The minimum absolute atomic E-state index is 0.357. The topological polar surface area (TPSA) is 41.3 Å². The largest absolute Gasteiger partial charge is 0.328 e. The third-order valence-electron chi connectivity index (χ3n) is 3.23. The summed E-state index contributed by atoms with van der Waals surface area (Å²) < 4.78 is 0. The van der Waals surface area contributed by atoms with Crippen LogP contribution in [0.25, 0.3) is 0 Å². The Kier molecular flexibility index (Phi) is 6.22. The maximum Gasteiger partial charge on any atom is 0.00109 e. The summed E-state index contributed by atoms with van der Waals surface area (Å²) in [6, 6.07) is 0.357. The number of nitrogens with two attached hydrogens (primary N) is 1. The van der Waals surface area contributed by atoms with Gasteiger partial charge in [-0.25, -0.2) is 0 Å². The zero-order valence-electron chi connectivity index (χ0n) is 10.3. The first-order valence-corrected chi connectivity index (χ1v) is 6.33. The quantitative estimate of drug-likeness (QED) is 0.621. The Morgan fingerprint density at radius 2 is 2.27 bits per heavy atom. The summed E-state index contributed by atoms with van der Waals surface area (Å²) >= 11 is 0. The van der Waals surface area contributed by atoms with Crippen LogP contribution in [0.1, 0.15) is 32.6 Å². The zero-order chi connectivity index (χ0) is 11.1. The molecule has 3 heteroatoms. The molecular formula is C12H27N3. The van der Waals surface area contributed by atoms with Gasteiger partial charge in [-0.3, -0.25) is 0 Å². The summed E-state index contributed by atoms with van der Waals surface area (Å²) in [6.45, 7) is 6.97. The van der Waals surface area contributed by atoms with Gasteiger partial charge in [0.05, 0.1) is 0 Å². The van der Waals surface area contributed by atoms with E-state index in [0.717, 1.165) is 18.9 Å². The summed E-state index contributed by atoms with van der Waals surface area (Å²) in [5, 5.41) is 3.51. The van der Waals surface area contributed by atoms with Gasteiger partial charge in [0.15, 0.2) is 0 Å². The molecule has 0 amide bonds. The highest BCUT2D eigenvalue weighted by Crippen LogP contribution is 2.16. The highest BCUT2D eigenvalue weighted by Gasteiger charge is 2.18. The average Bonchev–Trinajstić information content (AvgIpc) is 2.57. The van der Waals surface area contributed by atoms with Crippen molar-refractivity contribution in [3.63, 3.8) is 0 Å². The second-order valence-corrected chi connectivity index (χ2v) is 5.08. The average molecular weight is 213 g/mol. The molecule has 1 heterocycles. The minimum atomic E-state index is 0.357. The molecule has 0 aromatic rings. The van der Waals surface area contributed by atoms with Gasteiger partial charge in [-0.1, -0.05) is 0 Å². The van der Waals surface area contributed by atoms with Crippen LogP contribution in [-0.4, -0.2) is 44.2 Å². The van der Waals surface area contributed by atoms with E-state index in [1.165, 1.54) is 38.9 Å². The molecule has 2 atom stereocenters. The molecule has 0 bridgehead atoms. The molecule has 1 rings (SSSR count). The van der Waals surface area contributed by atoms with Gasteiger partial charge in [0.1, 0.15) is 0 Å². The number of nitrogens with one attached hydrogen (secondary N) is 1. The smallest absolute Gasteiger partial charge is 0.00109 e. The lowest BCUT2D eigenvalue weighted by Gasteiger charge is -2.11. The van der Waals surface area contributed by atoms with Gasteiger partial charge >= 0.3 is 0 Å². The maximum absolute atomic E-state index is 5.69. The molecule has 0 aliphatic carbocycles. The second kappa shape index (κ2) is 7.20. The molecule has 0 spiro atoms. The standard InChI is InChI=1S/C12H27N3/c1-11(13)4-3-7-14-8-5-12-6-9-15(2)10-12/h11-12,14H,3-10,13H2,1-2H3. The first kappa shape index (κ1) is 12.9. The van der Waals surface area contributed by atoms with E-state index in [-0.39, 0.29) is 0 Å². The molecule has 2 unspecified atom stereocenters. The van der Waals surface area contributed by atoms with Gasteiger partial charge in [-0.15, -0.1) is 0 Å². The van der Waals surface area contributed by atoms with Crippen molar-refractivity contribution in [2.75, 3.05) is 33.2 Å². The number of likely N-dealkylation sites (tertiary alicyclic amines) is 1. The summed E-state index contributed by atoms with van der Waals surface area (Å²) in [7, 11) is 2.22. The van der Waals surface area contributed by atoms with Crippen LogP contribution in [0.3, 0.4) is 0 Å². The van der Waals surface area contributed by atoms with E-state index in [4.69, 9.17) is 5.73 Å². The SMILES string of the molecule is CC(N)CCCNCCC1CCN(C)C1. The lowest BCUT2D eigenvalue weighted by Crippen LogP contribution is -2.23. The van der Waals surface area contributed by atoms with Gasteiger partial charge in [0, 0.05) is 12.6 Å². The van der Waals surface area contributed by atoms with E-state index in [1.807, 2.05) is 0 Å². The highest BCUT2D eigenvalue weighted by atomic mass is 15.1. The number of rotatable bonds is 7. The van der Waals surface area contributed by atoms with E-state index in [1.54, 1.807) is 0 Å². The molecule has 1 aliphatic heterocycles. The van der Waals surface area contributed by atoms with Crippen LogP contribution in [0, 0.1) is 5.92 Å². The molecule has 3 N–H and O–H groups in total. The highest BCUT2D eigenvalue weighted by molar-refractivity contribution is 4.73. The van der Waals surface area contributed by atoms with Crippen molar-refractivity contribution in [2.45, 2.75) is 38.6 Å². The number of hydrogen-bond acceptors (Lipinski definition) is 3. The molecule has 1 saturated heterocycles. The van der Waals surface area contributed by atoms with E-state index < -0.39 is 0 Å². The van der Waals surface area contributed by atoms with Crippen molar-refractivity contribution in [3.8, 4) is 0 Å². The molecule has 0 saturated carbocycles. The molecule has 15 heavy (non-hydrogen) atoms. The van der Waals surface area contributed by atoms with Crippen LogP contribution in [0.2, 0.25) is 0 Å². The molecule has 0 radical (unpaired) electrons. The fourth-order valence-electron chi connectivity index (χ4n) is 2.24. The van der Waals surface area contributed by atoms with Gasteiger partial charge < -0.3 is 16.0 Å². The molecular weight excluding hydrogens is 186 g/mol. The summed E-state index contributed by atoms with van der Waals surface area (Å²) in [5.74, 6) is 0.927. The lowest BCUT2D eigenvalue weighted by atomic mass is 10.1. The molecule has 0 aromatic carbocycles. The monoisotopic (exact) mass is 213 g/mol. The number of nitrogens with zero attached hydrogens (tertiary/aromatic N) is 1. The summed E-state index contributed by atoms with van der Waals surface area (Å²) in [5.41, 5.74) is 5.69. The molecule has 0 aromatic heterocycles. The van der Waals surface area contributed by atoms with Crippen LogP contribution in [0.5, 0.6) is 0 Å². The Hall–Kier alpha value is -0.120. The van der Waals surface area contributed by atoms with Crippen molar-refractivity contribution in [1.82, 2.24) is 10.2 Å². The fraction of sp³-hybridized carbons (Fsp3) is 1.00. The van der Waals surface area contributed by atoms with Crippen LogP contribution in [0.4, 0.5) is 0 Å². The predicted molar refractivity (Wildman–Crippen MR) is 66.0 cm³/mol. The zero-order valence-corrected chi connectivity index (χ0v) is 10.3. The minimum Gasteiger partial charge on any atom is -0.328 e. The molecule has 90 valence electrons. The van der Waals surface area contributed by atoms with Gasteiger partial charge in [0.25, 0.3) is 0 Å². The predicted octanol–water partition coefficient (Wildman–Crippen LogP) is 1.05. The third-order valence-corrected chi connectivity index (χ3v) is 3.23. The second-order valence-electron chi connectivity index (χ2n) is 5.08. The van der Waals surface area contributed by atoms with Gasteiger partial charge in [-0.05, 0) is 65.2 Å². The number of hydrogen-bond donors (Lipinski definition) is 2. The molecule has 1 aliphatic rings. The Labute approximate surface area is 94.4 Å². The Balaban J connectivity index is 1.85. The van der Waals surface area contributed by atoms with Crippen molar-refractivity contribution in [1.29, 1.82) is 0 Å². The summed E-state index contributed by atoms with van der Waals surface area (Å²) in [4.78, 5) is 2.43. The van der Waals surface area contributed by atoms with Crippen LogP contribution in [0.15, 0.2) is 0 Å². The normalized spacial score (nSPS) is 24.6. The molecule has 3 nitrogen and oxygen atoms in total. The Morgan fingerprint density at radius 1 is 1.47 bits per heavy atom. The maximum atomic E-state index is 5.69. The fourth-order valence-corrected chi connectivity index (χ4v) is 2.24. The Bertz CT molecular complexity index is 159.